The molecule has 0 aromatic carbocycles. The smallest absolute Gasteiger partial charge is 0.308 e. The Kier molecular flexibility index (Phi) is 2.46. The summed E-state index contributed by atoms with van der Waals surface area (Å²) < 4.78 is 9.52. The van der Waals surface area contributed by atoms with Gasteiger partial charge < -0.3 is 24.8 Å². The molecular weight excluding hydrogens is 152 g/mol. The summed E-state index contributed by atoms with van der Waals surface area (Å²) in [4.78, 5) is 0. The Labute approximate surface area is 64.2 Å². The van der Waals surface area contributed by atoms with Crippen LogP contribution in [0, 0.1) is 0 Å². The zero-order chi connectivity index (χ0) is 8.48. The molecule has 0 amide bonds. The fourth-order valence-electron chi connectivity index (χ4n) is 0.828. The number of ether oxygens (including phenoxy) is 2. The van der Waals surface area contributed by atoms with Crippen LogP contribution in [0.3, 0.4) is 0 Å². The molecule has 1 aliphatic heterocycles. The summed E-state index contributed by atoms with van der Waals surface area (Å²) in [6.07, 6.45) is -1.67. The molecule has 1 fully saturated rings. The van der Waals surface area contributed by atoms with Crippen molar-refractivity contribution in [3.63, 3.8) is 0 Å². The van der Waals surface area contributed by atoms with E-state index in [1.807, 2.05) is 0 Å². The summed E-state index contributed by atoms with van der Waals surface area (Å²) in [6.45, 7) is 1.21. The van der Waals surface area contributed by atoms with Crippen molar-refractivity contribution < 1.29 is 24.8 Å². The Balaban J connectivity index is 2.50. The summed E-state index contributed by atoms with van der Waals surface area (Å²) in [5.41, 5.74) is 0. The second-order valence-electron chi connectivity index (χ2n) is 2.54. The van der Waals surface area contributed by atoms with Gasteiger partial charge in [-0.3, -0.25) is 0 Å². The average molecular weight is 164 g/mol. The molecule has 0 bridgehead atoms. The number of aliphatic hydroxyl groups excluding tert-OH is 2. The van der Waals surface area contributed by atoms with Gasteiger partial charge in [0.15, 0.2) is 0 Å². The van der Waals surface area contributed by atoms with E-state index in [0.717, 1.165) is 0 Å². The van der Waals surface area contributed by atoms with Crippen molar-refractivity contribution in [3.05, 3.63) is 0 Å². The van der Waals surface area contributed by atoms with E-state index < -0.39 is 18.2 Å². The molecule has 66 valence electrons. The van der Waals surface area contributed by atoms with Gasteiger partial charge in [-0.05, 0) is 6.92 Å². The highest BCUT2D eigenvalue weighted by Gasteiger charge is 2.43. The van der Waals surface area contributed by atoms with E-state index in [4.69, 9.17) is 19.7 Å². The van der Waals surface area contributed by atoms with E-state index >= 15 is 0 Å². The number of hydrogen-bond acceptors (Lipinski definition) is 5. The number of rotatable bonds is 2. The van der Waals surface area contributed by atoms with Crippen molar-refractivity contribution in [1.82, 2.24) is 0 Å². The standard InChI is InChI=1S/C6H12O5/c1-4(8)6(9)10-3-5(2-7)11-6/h4-5,7-9H,2-3H2,1H3. The van der Waals surface area contributed by atoms with E-state index in [-0.39, 0.29) is 13.2 Å². The normalized spacial score (nSPS) is 40.9. The Morgan fingerprint density at radius 2 is 2.36 bits per heavy atom. The quantitative estimate of drug-likeness (QED) is 0.459. The molecular formula is C6H12O5. The SMILES string of the molecule is CC(O)C1(O)OCC(CO)O1. The van der Waals surface area contributed by atoms with Crippen LogP contribution in [0.5, 0.6) is 0 Å². The monoisotopic (exact) mass is 164 g/mol. The van der Waals surface area contributed by atoms with E-state index in [9.17, 15) is 5.11 Å². The van der Waals surface area contributed by atoms with E-state index in [0.29, 0.717) is 0 Å². The first-order valence-corrected chi connectivity index (χ1v) is 3.41. The zero-order valence-electron chi connectivity index (χ0n) is 6.23. The van der Waals surface area contributed by atoms with E-state index in [2.05, 4.69) is 0 Å². The van der Waals surface area contributed by atoms with Gasteiger partial charge in [-0.25, -0.2) is 0 Å². The molecule has 0 radical (unpaired) electrons. The van der Waals surface area contributed by atoms with Crippen LogP contribution in [0.15, 0.2) is 0 Å². The van der Waals surface area contributed by atoms with Gasteiger partial charge in [0, 0.05) is 0 Å². The molecule has 1 saturated heterocycles. The maximum atomic E-state index is 9.26. The minimum Gasteiger partial charge on any atom is -0.394 e. The van der Waals surface area contributed by atoms with Crippen molar-refractivity contribution in [2.75, 3.05) is 13.2 Å². The summed E-state index contributed by atoms with van der Waals surface area (Å²) in [5.74, 6) is -1.94. The van der Waals surface area contributed by atoms with Gasteiger partial charge >= 0.3 is 5.97 Å². The van der Waals surface area contributed by atoms with Crippen LogP contribution in [0.2, 0.25) is 0 Å². The molecule has 0 aromatic heterocycles. The summed E-state index contributed by atoms with van der Waals surface area (Å²) in [5, 5.41) is 26.8. The fourth-order valence-corrected chi connectivity index (χ4v) is 0.828. The molecule has 5 nitrogen and oxygen atoms in total. The van der Waals surface area contributed by atoms with Crippen LogP contribution in [0.1, 0.15) is 6.92 Å². The second kappa shape index (κ2) is 3.04. The third-order valence-electron chi connectivity index (χ3n) is 1.54. The van der Waals surface area contributed by atoms with Gasteiger partial charge in [0.05, 0.1) is 13.2 Å². The first kappa shape index (κ1) is 8.89. The molecule has 0 saturated carbocycles. The molecule has 1 aliphatic rings. The van der Waals surface area contributed by atoms with Gasteiger partial charge in [0.2, 0.25) is 0 Å². The highest BCUT2D eigenvalue weighted by Crippen LogP contribution is 2.23. The van der Waals surface area contributed by atoms with Gasteiger partial charge in [0.25, 0.3) is 0 Å². The Morgan fingerprint density at radius 1 is 1.73 bits per heavy atom. The molecule has 5 heteroatoms. The van der Waals surface area contributed by atoms with Crippen LogP contribution in [-0.2, 0) is 9.47 Å². The molecule has 0 aliphatic carbocycles. The third kappa shape index (κ3) is 1.69. The lowest BCUT2D eigenvalue weighted by Crippen LogP contribution is -2.42. The first-order valence-electron chi connectivity index (χ1n) is 3.41. The molecule has 0 spiro atoms. The van der Waals surface area contributed by atoms with Crippen LogP contribution >= 0.6 is 0 Å². The maximum absolute atomic E-state index is 9.26. The summed E-state index contributed by atoms with van der Waals surface area (Å²) in [7, 11) is 0. The molecule has 1 rings (SSSR count). The summed E-state index contributed by atoms with van der Waals surface area (Å²) >= 11 is 0. The van der Waals surface area contributed by atoms with Crippen LogP contribution in [0.4, 0.5) is 0 Å². The highest BCUT2D eigenvalue weighted by molar-refractivity contribution is 4.73. The number of aliphatic hydroxyl groups is 3. The minimum absolute atomic E-state index is 0.0951. The van der Waals surface area contributed by atoms with Crippen molar-refractivity contribution in [1.29, 1.82) is 0 Å². The minimum atomic E-state index is -1.94. The molecule has 1 heterocycles. The lowest BCUT2D eigenvalue weighted by Gasteiger charge is -2.23. The Hall–Kier alpha value is -0.200. The largest absolute Gasteiger partial charge is 0.394 e. The number of hydrogen-bond donors (Lipinski definition) is 3. The third-order valence-corrected chi connectivity index (χ3v) is 1.54. The predicted octanol–water partition coefficient (Wildman–Crippen LogP) is -1.58. The molecule has 11 heavy (non-hydrogen) atoms. The lowest BCUT2D eigenvalue weighted by molar-refractivity contribution is -0.351. The highest BCUT2D eigenvalue weighted by atomic mass is 16.9. The predicted molar refractivity (Wildman–Crippen MR) is 34.5 cm³/mol. The Morgan fingerprint density at radius 3 is 2.64 bits per heavy atom. The average Bonchev–Trinajstić information content (AvgIpc) is 2.33. The van der Waals surface area contributed by atoms with Crippen molar-refractivity contribution in [3.8, 4) is 0 Å². The van der Waals surface area contributed by atoms with Gasteiger partial charge in [-0.1, -0.05) is 0 Å². The fraction of sp³-hybridized carbons (Fsp3) is 1.00. The Bertz CT molecular complexity index is 137. The van der Waals surface area contributed by atoms with E-state index in [1.165, 1.54) is 6.92 Å². The van der Waals surface area contributed by atoms with Crippen LogP contribution in [-0.4, -0.2) is 46.7 Å². The lowest BCUT2D eigenvalue weighted by atomic mass is 10.3. The first-order chi connectivity index (χ1) is 5.08. The molecule has 3 N–H and O–H groups in total. The van der Waals surface area contributed by atoms with Crippen LogP contribution < -0.4 is 0 Å². The maximum Gasteiger partial charge on any atom is 0.308 e. The van der Waals surface area contributed by atoms with Crippen molar-refractivity contribution >= 4 is 0 Å². The van der Waals surface area contributed by atoms with E-state index in [1.54, 1.807) is 0 Å². The molecule has 0 aromatic rings. The molecule has 3 unspecified atom stereocenters. The second-order valence-corrected chi connectivity index (χ2v) is 2.54. The van der Waals surface area contributed by atoms with Gasteiger partial charge in [-0.2, -0.15) is 0 Å². The molecule has 3 atom stereocenters. The van der Waals surface area contributed by atoms with Crippen LogP contribution in [0.25, 0.3) is 0 Å². The van der Waals surface area contributed by atoms with Gasteiger partial charge in [0.1, 0.15) is 12.2 Å². The summed E-state index contributed by atoms with van der Waals surface area (Å²) in [6, 6.07) is 0. The zero-order valence-corrected chi connectivity index (χ0v) is 6.23. The van der Waals surface area contributed by atoms with Gasteiger partial charge in [-0.15, -0.1) is 0 Å². The topological polar surface area (TPSA) is 79.2 Å². The van der Waals surface area contributed by atoms with Crippen molar-refractivity contribution in [2.24, 2.45) is 0 Å². The van der Waals surface area contributed by atoms with Crippen molar-refractivity contribution in [2.45, 2.75) is 25.1 Å².